The van der Waals surface area contributed by atoms with Crippen molar-refractivity contribution in [1.29, 1.82) is 0 Å². The van der Waals surface area contributed by atoms with Crippen molar-refractivity contribution in [3.8, 4) is 0 Å². The second kappa shape index (κ2) is 5.36. The summed E-state index contributed by atoms with van der Waals surface area (Å²) in [5.41, 5.74) is 5.84. The summed E-state index contributed by atoms with van der Waals surface area (Å²) in [4.78, 5) is 16.5. The summed E-state index contributed by atoms with van der Waals surface area (Å²) in [5, 5.41) is 0. The van der Waals surface area contributed by atoms with Gasteiger partial charge in [0.25, 0.3) is 0 Å². The lowest BCUT2D eigenvalue weighted by molar-refractivity contribution is -0.136. The van der Waals surface area contributed by atoms with Crippen molar-refractivity contribution in [2.75, 3.05) is 26.7 Å². The molecule has 0 saturated carbocycles. The fraction of sp³-hybridized carbons (Fsp3) is 0.923. The van der Waals surface area contributed by atoms with Crippen LogP contribution in [0.25, 0.3) is 0 Å². The maximum atomic E-state index is 12.1. The Balaban J connectivity index is 1.95. The molecule has 2 fully saturated rings. The summed E-state index contributed by atoms with van der Waals surface area (Å²) >= 11 is 0. The van der Waals surface area contributed by atoms with Crippen molar-refractivity contribution < 1.29 is 4.79 Å². The molecule has 17 heavy (non-hydrogen) atoms. The summed E-state index contributed by atoms with van der Waals surface area (Å²) in [6.45, 7) is 4.99. The first-order valence-electron chi connectivity index (χ1n) is 6.88. The smallest absolute Gasteiger partial charge is 0.239 e. The summed E-state index contributed by atoms with van der Waals surface area (Å²) in [6.07, 6.45) is 4.38. The van der Waals surface area contributed by atoms with Crippen LogP contribution in [-0.4, -0.2) is 54.5 Å². The molecule has 1 amide bonds. The number of carbonyl (C=O) groups is 1. The summed E-state index contributed by atoms with van der Waals surface area (Å²) < 4.78 is 0. The van der Waals surface area contributed by atoms with Gasteiger partial charge in [0.2, 0.25) is 5.91 Å². The van der Waals surface area contributed by atoms with Crippen LogP contribution < -0.4 is 5.73 Å². The minimum absolute atomic E-state index is 0.152. The van der Waals surface area contributed by atoms with E-state index >= 15 is 0 Å². The van der Waals surface area contributed by atoms with E-state index in [2.05, 4.69) is 11.9 Å². The summed E-state index contributed by atoms with van der Waals surface area (Å²) in [6, 6.07) is 0.388. The van der Waals surface area contributed by atoms with Gasteiger partial charge in [-0.25, -0.2) is 0 Å². The third kappa shape index (κ3) is 2.63. The topological polar surface area (TPSA) is 49.6 Å². The molecule has 2 unspecified atom stereocenters. The number of hydrogen-bond donors (Lipinski definition) is 1. The third-order valence-corrected chi connectivity index (χ3v) is 4.41. The maximum absolute atomic E-state index is 12.1. The monoisotopic (exact) mass is 239 g/mol. The Bertz CT molecular complexity index is 282. The fourth-order valence-electron chi connectivity index (χ4n) is 3.26. The van der Waals surface area contributed by atoms with Gasteiger partial charge in [-0.1, -0.05) is 6.92 Å². The van der Waals surface area contributed by atoms with Crippen LogP contribution in [0.2, 0.25) is 0 Å². The van der Waals surface area contributed by atoms with Crippen LogP contribution in [0.1, 0.15) is 32.6 Å². The number of hydrogen-bond acceptors (Lipinski definition) is 3. The minimum atomic E-state index is -0.298. The molecular formula is C13H25N3O. The molecule has 4 nitrogen and oxygen atoms in total. The predicted octanol–water partition coefficient (Wildman–Crippen LogP) is 0.666. The van der Waals surface area contributed by atoms with Crippen LogP contribution in [0.15, 0.2) is 0 Å². The number of nitrogens with zero attached hydrogens (tertiary/aromatic N) is 2. The molecule has 3 atom stereocenters. The van der Waals surface area contributed by atoms with Gasteiger partial charge in [-0.05, 0) is 45.2 Å². The van der Waals surface area contributed by atoms with Gasteiger partial charge >= 0.3 is 0 Å². The number of amides is 1. The lowest BCUT2D eigenvalue weighted by Gasteiger charge is -2.46. The van der Waals surface area contributed by atoms with Crippen LogP contribution in [-0.2, 0) is 4.79 Å². The molecule has 0 aliphatic carbocycles. The second-order valence-electron chi connectivity index (χ2n) is 5.54. The van der Waals surface area contributed by atoms with Crippen molar-refractivity contribution in [2.45, 2.75) is 44.7 Å². The molecule has 98 valence electrons. The second-order valence-corrected chi connectivity index (χ2v) is 5.54. The molecule has 4 heteroatoms. The molecule has 2 rings (SSSR count). The van der Waals surface area contributed by atoms with Crippen molar-refractivity contribution >= 4 is 5.91 Å². The number of nitrogens with two attached hydrogens (primary N) is 1. The molecule has 0 aromatic heterocycles. The molecule has 0 aromatic rings. The van der Waals surface area contributed by atoms with E-state index in [1.807, 2.05) is 11.8 Å². The molecular weight excluding hydrogens is 214 g/mol. The van der Waals surface area contributed by atoms with Crippen LogP contribution in [0.4, 0.5) is 0 Å². The first-order chi connectivity index (χ1) is 8.13. The van der Waals surface area contributed by atoms with E-state index < -0.39 is 0 Å². The van der Waals surface area contributed by atoms with E-state index in [-0.39, 0.29) is 11.9 Å². The van der Waals surface area contributed by atoms with Gasteiger partial charge in [-0.3, -0.25) is 4.79 Å². The van der Waals surface area contributed by atoms with Crippen LogP contribution in [0.3, 0.4) is 0 Å². The van der Waals surface area contributed by atoms with Gasteiger partial charge in [0.1, 0.15) is 0 Å². The largest absolute Gasteiger partial charge is 0.341 e. The molecule has 2 aliphatic heterocycles. The van der Waals surface area contributed by atoms with Gasteiger partial charge < -0.3 is 15.5 Å². The highest BCUT2D eigenvalue weighted by Gasteiger charge is 2.36. The van der Waals surface area contributed by atoms with Gasteiger partial charge in [0.15, 0.2) is 0 Å². The molecule has 0 bridgehead atoms. The Morgan fingerprint density at radius 2 is 2.18 bits per heavy atom. The predicted molar refractivity (Wildman–Crippen MR) is 68.6 cm³/mol. The van der Waals surface area contributed by atoms with Crippen molar-refractivity contribution in [1.82, 2.24) is 9.80 Å². The Hall–Kier alpha value is -0.610. The number of piperidine rings is 2. The average molecular weight is 239 g/mol. The fourth-order valence-corrected chi connectivity index (χ4v) is 3.26. The molecule has 0 aromatic carbocycles. The number of fused-ring (bicyclic) bond motifs is 1. The Kier molecular flexibility index (Phi) is 4.05. The Labute approximate surface area is 104 Å². The van der Waals surface area contributed by atoms with Crippen molar-refractivity contribution in [2.24, 2.45) is 11.7 Å². The lowest BCUT2D eigenvalue weighted by atomic mass is 9.84. The highest BCUT2D eigenvalue weighted by Crippen LogP contribution is 2.29. The lowest BCUT2D eigenvalue weighted by Crippen LogP contribution is -2.56. The first kappa shape index (κ1) is 12.8. The number of likely N-dealkylation sites (tertiary alicyclic amines) is 2. The molecule has 2 aliphatic rings. The van der Waals surface area contributed by atoms with Crippen molar-refractivity contribution in [3.63, 3.8) is 0 Å². The van der Waals surface area contributed by atoms with E-state index in [9.17, 15) is 4.79 Å². The molecule has 0 spiro atoms. The van der Waals surface area contributed by atoms with E-state index in [1.165, 1.54) is 19.4 Å². The van der Waals surface area contributed by atoms with E-state index in [0.29, 0.717) is 12.0 Å². The molecule has 0 radical (unpaired) electrons. The van der Waals surface area contributed by atoms with Gasteiger partial charge in [-0.15, -0.1) is 0 Å². The minimum Gasteiger partial charge on any atom is -0.341 e. The van der Waals surface area contributed by atoms with E-state index in [0.717, 1.165) is 25.9 Å². The van der Waals surface area contributed by atoms with Gasteiger partial charge in [-0.2, -0.15) is 0 Å². The van der Waals surface area contributed by atoms with Crippen molar-refractivity contribution in [3.05, 3.63) is 0 Å². The number of rotatable bonds is 2. The normalized spacial score (nSPS) is 32.1. The molecule has 2 heterocycles. The maximum Gasteiger partial charge on any atom is 0.239 e. The summed E-state index contributed by atoms with van der Waals surface area (Å²) in [7, 11) is 2.21. The zero-order valence-corrected chi connectivity index (χ0v) is 11.1. The van der Waals surface area contributed by atoms with Gasteiger partial charge in [0.05, 0.1) is 6.04 Å². The molecule has 2 N–H and O–H groups in total. The quantitative estimate of drug-likeness (QED) is 0.770. The summed E-state index contributed by atoms with van der Waals surface area (Å²) in [5.74, 6) is 0.815. The highest BCUT2D eigenvalue weighted by molar-refractivity contribution is 5.81. The first-order valence-corrected chi connectivity index (χ1v) is 6.88. The highest BCUT2D eigenvalue weighted by atomic mass is 16.2. The van der Waals surface area contributed by atoms with E-state index in [1.54, 1.807) is 0 Å². The zero-order valence-electron chi connectivity index (χ0n) is 11.1. The average Bonchev–Trinajstić information content (AvgIpc) is 2.37. The standard InChI is InChI=1S/C13H25N3O/c1-3-11(14)13(17)16-8-6-12-10(9-16)5-4-7-15(12)2/h10-12H,3-9,14H2,1-2H3/t10?,11-,12?/m0/s1. The zero-order chi connectivity index (χ0) is 12.4. The number of carbonyl (C=O) groups excluding carboxylic acids is 1. The SMILES string of the molecule is CC[C@H](N)C(=O)N1CCC2C(CCCN2C)C1. The van der Waals surface area contributed by atoms with Crippen LogP contribution >= 0.6 is 0 Å². The van der Waals surface area contributed by atoms with E-state index in [4.69, 9.17) is 5.73 Å². The Morgan fingerprint density at radius 1 is 1.41 bits per heavy atom. The Morgan fingerprint density at radius 3 is 2.88 bits per heavy atom. The third-order valence-electron chi connectivity index (χ3n) is 4.41. The van der Waals surface area contributed by atoms with Crippen LogP contribution in [0.5, 0.6) is 0 Å². The van der Waals surface area contributed by atoms with Gasteiger partial charge in [0, 0.05) is 19.1 Å². The molecule has 2 saturated heterocycles. The van der Waals surface area contributed by atoms with Crippen LogP contribution in [0, 0.1) is 5.92 Å².